The van der Waals surface area contributed by atoms with Crippen molar-refractivity contribution in [3.05, 3.63) is 66.2 Å². The van der Waals surface area contributed by atoms with Gasteiger partial charge in [-0.1, -0.05) is 48.5 Å². The molecule has 0 radical (unpaired) electrons. The predicted octanol–water partition coefficient (Wildman–Crippen LogP) is 3.06. The number of rotatable bonds is 5. The molecule has 3 rings (SSSR count). The van der Waals surface area contributed by atoms with Crippen LogP contribution in [0.2, 0.25) is 0 Å². The molecule has 1 unspecified atom stereocenters. The zero-order valence-electron chi connectivity index (χ0n) is 15.7. The number of hydrogen-bond acceptors (Lipinski definition) is 5. The Morgan fingerprint density at radius 1 is 1.07 bits per heavy atom. The Morgan fingerprint density at radius 2 is 1.67 bits per heavy atom. The number of hydrazone groups is 1. The first kappa shape index (κ1) is 18.6. The minimum absolute atomic E-state index is 0.0874. The van der Waals surface area contributed by atoms with Crippen LogP contribution in [0.5, 0.6) is 0 Å². The highest BCUT2D eigenvalue weighted by Crippen LogP contribution is 2.35. The first-order valence-electron chi connectivity index (χ1n) is 8.80. The fourth-order valence-electron chi connectivity index (χ4n) is 3.06. The van der Waals surface area contributed by atoms with Crippen molar-refractivity contribution in [3.8, 4) is 0 Å². The van der Waals surface area contributed by atoms with Gasteiger partial charge in [-0.25, -0.2) is 4.79 Å². The van der Waals surface area contributed by atoms with E-state index in [1.165, 1.54) is 7.11 Å². The summed E-state index contributed by atoms with van der Waals surface area (Å²) in [6.07, 6.45) is 0.446. The number of carbonyl (C=O) groups is 2. The van der Waals surface area contributed by atoms with Crippen molar-refractivity contribution in [1.29, 1.82) is 0 Å². The van der Waals surface area contributed by atoms with Crippen molar-refractivity contribution >= 4 is 23.3 Å². The molecule has 1 atom stereocenters. The third-order valence-electron chi connectivity index (χ3n) is 4.50. The molecule has 140 valence electrons. The molecule has 0 saturated heterocycles. The lowest BCUT2D eigenvalue weighted by molar-refractivity contribution is -0.148. The molecule has 0 bridgehead atoms. The Balaban J connectivity index is 1.88. The Labute approximate surface area is 158 Å². The fraction of sp³-hybridized carbons (Fsp3) is 0.286. The molecular weight excluding hydrogens is 342 g/mol. The summed E-state index contributed by atoms with van der Waals surface area (Å²) in [5.41, 5.74) is 1.22. The van der Waals surface area contributed by atoms with Gasteiger partial charge in [-0.15, -0.1) is 0 Å². The van der Waals surface area contributed by atoms with Crippen LogP contribution in [0.25, 0.3) is 0 Å². The van der Waals surface area contributed by atoms with Crippen LogP contribution >= 0.6 is 0 Å². The number of carbonyl (C=O) groups excluding carboxylic acids is 2. The highest BCUT2D eigenvalue weighted by Gasteiger charge is 2.36. The van der Waals surface area contributed by atoms with E-state index in [1.807, 2.05) is 65.7 Å². The Kier molecular flexibility index (Phi) is 5.26. The molecule has 1 heterocycles. The van der Waals surface area contributed by atoms with Crippen molar-refractivity contribution in [3.63, 3.8) is 0 Å². The standard InChI is InChI=1S/C21H23N3O3/c1-21(2,20(26)27-3)22-19(25)17-14-18(15-10-6-4-7-11-15)24(23-17)16-12-8-5-9-13-16/h4-13,18H,14H2,1-3H3,(H,22,25). The number of nitrogens with zero attached hydrogens (tertiary/aromatic N) is 2. The summed E-state index contributed by atoms with van der Waals surface area (Å²) in [4.78, 5) is 24.6. The van der Waals surface area contributed by atoms with Crippen LogP contribution in [-0.4, -0.2) is 30.2 Å². The Hall–Kier alpha value is -3.15. The van der Waals surface area contributed by atoms with Gasteiger partial charge in [0.2, 0.25) is 0 Å². The van der Waals surface area contributed by atoms with Gasteiger partial charge in [0.25, 0.3) is 5.91 Å². The number of ether oxygens (including phenoxy) is 1. The molecule has 6 heteroatoms. The number of amides is 1. The molecule has 6 nitrogen and oxygen atoms in total. The van der Waals surface area contributed by atoms with Gasteiger partial charge in [-0.05, 0) is 31.5 Å². The predicted molar refractivity (Wildman–Crippen MR) is 104 cm³/mol. The number of methoxy groups -OCH3 is 1. The highest BCUT2D eigenvalue weighted by atomic mass is 16.5. The Morgan fingerprint density at radius 3 is 2.26 bits per heavy atom. The maximum Gasteiger partial charge on any atom is 0.330 e. The summed E-state index contributed by atoms with van der Waals surface area (Å²) >= 11 is 0. The molecule has 0 aliphatic carbocycles. The third kappa shape index (κ3) is 4.00. The second kappa shape index (κ2) is 7.61. The van der Waals surface area contributed by atoms with E-state index in [-0.39, 0.29) is 11.9 Å². The van der Waals surface area contributed by atoms with Crippen molar-refractivity contribution in [2.45, 2.75) is 31.8 Å². The molecule has 0 aromatic heterocycles. The van der Waals surface area contributed by atoms with E-state index in [0.717, 1.165) is 11.3 Å². The van der Waals surface area contributed by atoms with E-state index in [4.69, 9.17) is 4.74 Å². The minimum atomic E-state index is -1.13. The summed E-state index contributed by atoms with van der Waals surface area (Å²) in [5, 5.41) is 9.15. The first-order valence-corrected chi connectivity index (χ1v) is 8.80. The monoisotopic (exact) mass is 365 g/mol. The molecule has 2 aromatic rings. The van der Waals surface area contributed by atoms with Gasteiger partial charge in [0.05, 0.1) is 18.8 Å². The lowest BCUT2D eigenvalue weighted by Crippen LogP contribution is -2.52. The molecule has 2 aromatic carbocycles. The molecule has 1 aliphatic rings. The van der Waals surface area contributed by atoms with Gasteiger partial charge in [0.1, 0.15) is 11.3 Å². The van der Waals surface area contributed by atoms with Gasteiger partial charge in [-0.2, -0.15) is 5.10 Å². The van der Waals surface area contributed by atoms with E-state index < -0.39 is 11.5 Å². The fourth-order valence-corrected chi connectivity index (χ4v) is 3.06. The number of nitrogens with one attached hydrogen (secondary N) is 1. The maximum absolute atomic E-state index is 12.8. The SMILES string of the molecule is COC(=O)C(C)(C)NC(=O)C1=NN(c2ccccc2)C(c2ccccc2)C1. The Bertz CT molecular complexity index is 847. The molecular formula is C21H23N3O3. The normalized spacial score (nSPS) is 16.6. The second-order valence-corrected chi connectivity index (χ2v) is 6.93. The van der Waals surface area contributed by atoms with Crippen LogP contribution in [-0.2, 0) is 14.3 Å². The number of hydrogen-bond donors (Lipinski definition) is 1. The van der Waals surface area contributed by atoms with Gasteiger partial charge in [0.15, 0.2) is 0 Å². The number of para-hydroxylation sites is 1. The summed E-state index contributed by atoms with van der Waals surface area (Å²) in [5.74, 6) is -0.876. The molecule has 0 saturated carbocycles. The van der Waals surface area contributed by atoms with Crippen LogP contribution in [0.15, 0.2) is 65.8 Å². The quantitative estimate of drug-likeness (QED) is 0.827. The molecule has 0 spiro atoms. The summed E-state index contributed by atoms with van der Waals surface area (Å²) in [7, 11) is 1.30. The highest BCUT2D eigenvalue weighted by molar-refractivity contribution is 6.40. The zero-order valence-corrected chi connectivity index (χ0v) is 15.7. The number of benzene rings is 2. The van der Waals surface area contributed by atoms with Crippen molar-refractivity contribution < 1.29 is 14.3 Å². The number of esters is 1. The topological polar surface area (TPSA) is 71.0 Å². The zero-order chi connectivity index (χ0) is 19.4. The molecule has 27 heavy (non-hydrogen) atoms. The third-order valence-corrected chi connectivity index (χ3v) is 4.50. The van der Waals surface area contributed by atoms with E-state index in [0.29, 0.717) is 12.1 Å². The smallest absolute Gasteiger partial charge is 0.330 e. The van der Waals surface area contributed by atoms with Gasteiger partial charge in [-0.3, -0.25) is 9.80 Å². The molecule has 1 aliphatic heterocycles. The summed E-state index contributed by atoms with van der Waals surface area (Å²) < 4.78 is 4.76. The van der Waals surface area contributed by atoms with Gasteiger partial charge < -0.3 is 10.1 Å². The molecule has 1 amide bonds. The van der Waals surface area contributed by atoms with Crippen molar-refractivity contribution in [1.82, 2.24) is 5.32 Å². The van der Waals surface area contributed by atoms with Crippen LogP contribution in [0.1, 0.15) is 31.9 Å². The lowest BCUT2D eigenvalue weighted by atomic mass is 10.00. The van der Waals surface area contributed by atoms with Crippen LogP contribution in [0.4, 0.5) is 5.69 Å². The van der Waals surface area contributed by atoms with Crippen LogP contribution < -0.4 is 10.3 Å². The van der Waals surface area contributed by atoms with Gasteiger partial charge >= 0.3 is 5.97 Å². The largest absolute Gasteiger partial charge is 0.467 e. The van der Waals surface area contributed by atoms with Crippen LogP contribution in [0.3, 0.4) is 0 Å². The van der Waals surface area contributed by atoms with Gasteiger partial charge in [0, 0.05) is 6.42 Å². The second-order valence-electron chi connectivity index (χ2n) is 6.93. The van der Waals surface area contributed by atoms with Crippen LogP contribution in [0, 0.1) is 0 Å². The van der Waals surface area contributed by atoms with Crippen molar-refractivity contribution in [2.24, 2.45) is 5.10 Å². The lowest BCUT2D eigenvalue weighted by Gasteiger charge is -2.23. The van der Waals surface area contributed by atoms with E-state index in [2.05, 4.69) is 10.4 Å². The van der Waals surface area contributed by atoms with E-state index in [1.54, 1.807) is 13.8 Å². The first-order chi connectivity index (χ1) is 12.9. The average Bonchev–Trinajstić information content (AvgIpc) is 3.14. The minimum Gasteiger partial charge on any atom is -0.467 e. The van der Waals surface area contributed by atoms with E-state index in [9.17, 15) is 9.59 Å². The summed E-state index contributed by atoms with van der Waals surface area (Å²) in [6.45, 7) is 3.21. The summed E-state index contributed by atoms with van der Waals surface area (Å²) in [6, 6.07) is 19.6. The number of anilines is 1. The maximum atomic E-state index is 12.8. The molecule has 0 fully saturated rings. The van der Waals surface area contributed by atoms with E-state index >= 15 is 0 Å². The van der Waals surface area contributed by atoms with Crippen molar-refractivity contribution in [2.75, 3.05) is 12.1 Å². The average molecular weight is 365 g/mol. The molecule has 1 N–H and O–H groups in total.